The van der Waals surface area contributed by atoms with Gasteiger partial charge in [-0.2, -0.15) is 0 Å². The van der Waals surface area contributed by atoms with Crippen LogP contribution in [-0.4, -0.2) is 113 Å². The summed E-state index contributed by atoms with van der Waals surface area (Å²) in [5.74, 6) is 0. The molecular formula is C5H21NPo4. The first kappa shape index (κ1) is 29.2. The van der Waals surface area contributed by atoms with E-state index in [0.29, 0.717) is 0 Å². The molecule has 0 heterocycles. The van der Waals surface area contributed by atoms with Crippen molar-refractivity contribution in [1.82, 2.24) is 0 Å². The first-order valence-electron chi connectivity index (χ1n) is 2.62. The average Bonchev–Trinajstić information content (AvgIpc) is 1.61. The van der Waals surface area contributed by atoms with E-state index in [9.17, 15) is 0 Å². The van der Waals surface area contributed by atoms with Gasteiger partial charge in [-0.3, -0.25) is 0 Å². The van der Waals surface area contributed by atoms with Gasteiger partial charge in [0.15, 0.2) is 0 Å². The van der Waals surface area contributed by atoms with Gasteiger partial charge in [0.1, 0.15) is 0 Å². The molecule has 0 aromatic heterocycles. The molecular weight excluding hydrogens is 910 g/mol. The van der Waals surface area contributed by atoms with E-state index in [2.05, 4.69) is 6.92 Å². The van der Waals surface area contributed by atoms with E-state index in [0.717, 1.165) is 6.54 Å². The normalized spacial score (nSPS) is 5.40. The van der Waals surface area contributed by atoms with Gasteiger partial charge in [0.25, 0.3) is 0 Å². The van der Waals surface area contributed by atoms with Crippen LogP contribution in [0.1, 0.15) is 26.2 Å². The molecule has 0 fully saturated rings. The van der Waals surface area contributed by atoms with Crippen LogP contribution >= 0.6 is 0 Å². The number of nitrogens with two attached hydrogens (primary N) is 1. The minimum absolute atomic E-state index is 0. The van der Waals surface area contributed by atoms with Crippen LogP contribution in [0.25, 0.3) is 0 Å². The Bertz CT molecular complexity index is 25.6. The summed E-state index contributed by atoms with van der Waals surface area (Å²) in [7, 11) is 0. The summed E-state index contributed by atoms with van der Waals surface area (Å²) in [5, 5.41) is 0. The molecule has 0 radical (unpaired) electrons. The van der Waals surface area contributed by atoms with Crippen LogP contribution in [0.4, 0.5) is 0 Å². The molecule has 10 heavy (non-hydrogen) atoms. The zero-order chi connectivity index (χ0) is 4.83. The molecule has 0 aromatic carbocycles. The fraction of sp³-hybridized carbons (Fsp3) is 1.00. The Morgan fingerprint density at radius 1 is 0.900 bits per heavy atom. The third kappa shape index (κ3) is 30.0. The first-order chi connectivity index (χ1) is 2.91. The summed E-state index contributed by atoms with van der Waals surface area (Å²) in [6.07, 6.45) is 3.75. The van der Waals surface area contributed by atoms with E-state index in [4.69, 9.17) is 5.73 Å². The van der Waals surface area contributed by atoms with Gasteiger partial charge in [0.2, 0.25) is 0 Å². The molecule has 5 heteroatoms. The Hall–Kier alpha value is 3.54. The van der Waals surface area contributed by atoms with Gasteiger partial charge in [-0.05, 0) is 13.0 Å². The molecule has 2 N–H and O–H groups in total. The topological polar surface area (TPSA) is 26.0 Å². The molecule has 1 nitrogen and oxygen atoms in total. The maximum absolute atomic E-state index is 5.21. The molecule has 0 unspecified atom stereocenters. The van der Waals surface area contributed by atoms with Crippen molar-refractivity contribution in [2.45, 2.75) is 26.2 Å². The zero-order valence-electron chi connectivity index (χ0n) is 6.41. The first-order valence-corrected chi connectivity index (χ1v) is 2.62. The van der Waals surface area contributed by atoms with E-state index < -0.39 is 0 Å². The average molecular weight is 931 g/mol. The second-order valence-electron chi connectivity index (χ2n) is 1.50. The standard InChI is InChI=1S/C5H13N.4Po.8H/c1-2-3-4-5-6;;;;;;;;;;;;/h2-6H2,1H3;;;;;;;;;;;;. The molecule has 70 valence electrons. The molecule has 0 spiro atoms. The molecule has 0 aliphatic carbocycles. The molecule has 0 amide bonds. The van der Waals surface area contributed by atoms with Crippen molar-refractivity contribution in [3.05, 3.63) is 0 Å². The van der Waals surface area contributed by atoms with E-state index in [1.807, 2.05) is 0 Å². The van der Waals surface area contributed by atoms with Crippen molar-refractivity contribution >= 4 is 106 Å². The summed E-state index contributed by atoms with van der Waals surface area (Å²) in [5.41, 5.74) is 5.21. The quantitative estimate of drug-likeness (QED) is 0.311. The molecule has 0 atom stereocenters. The van der Waals surface area contributed by atoms with Gasteiger partial charge < -0.3 is 5.73 Å². The summed E-state index contributed by atoms with van der Waals surface area (Å²) in [6.45, 7) is 3.03. The predicted octanol–water partition coefficient (Wildman–Crippen LogP) is -2.53. The molecule has 0 aliphatic rings. The van der Waals surface area contributed by atoms with Crippen LogP contribution in [0.5, 0.6) is 0 Å². The van der Waals surface area contributed by atoms with Gasteiger partial charge in [-0.15, -0.1) is 0 Å². The Morgan fingerprint density at radius 3 is 1.40 bits per heavy atom. The van der Waals surface area contributed by atoms with Crippen LogP contribution in [-0.2, 0) is 0 Å². The van der Waals surface area contributed by atoms with Gasteiger partial charge in [0.05, 0.1) is 0 Å². The Kier molecular flexibility index (Phi) is 85.8. The fourth-order valence-corrected chi connectivity index (χ4v) is 0.394. The minimum atomic E-state index is 0. The molecule has 0 bridgehead atoms. The zero-order valence-corrected chi connectivity index (χ0v) is 22.0. The van der Waals surface area contributed by atoms with Crippen molar-refractivity contribution < 1.29 is 0 Å². The van der Waals surface area contributed by atoms with Crippen LogP contribution in [0.15, 0.2) is 0 Å². The van der Waals surface area contributed by atoms with E-state index in [1.54, 1.807) is 0 Å². The monoisotopic (exact) mass is 931 g/mol. The van der Waals surface area contributed by atoms with Crippen molar-refractivity contribution in [1.29, 1.82) is 0 Å². The SMILES string of the molecule is CCCCCN.[PoH2].[PoH2].[PoH2].[PoH2]. The third-order valence-electron chi connectivity index (χ3n) is 0.808. The second-order valence-corrected chi connectivity index (χ2v) is 1.50. The van der Waals surface area contributed by atoms with Crippen LogP contribution in [0.2, 0.25) is 0 Å². The van der Waals surface area contributed by atoms with Crippen molar-refractivity contribution in [3.8, 4) is 0 Å². The van der Waals surface area contributed by atoms with Gasteiger partial charge >= 0.3 is 106 Å². The fourth-order valence-electron chi connectivity index (χ4n) is 0.394. The summed E-state index contributed by atoms with van der Waals surface area (Å²) >= 11 is 0. The summed E-state index contributed by atoms with van der Waals surface area (Å²) in [6, 6.07) is 0. The molecule has 0 saturated carbocycles. The summed E-state index contributed by atoms with van der Waals surface area (Å²) < 4.78 is 0. The third-order valence-corrected chi connectivity index (χ3v) is 0.808. The Labute approximate surface area is 142 Å². The number of rotatable bonds is 3. The number of unbranched alkanes of at least 4 members (excludes halogenated alkanes) is 2. The molecule has 0 aromatic rings. The van der Waals surface area contributed by atoms with Gasteiger partial charge in [0, 0.05) is 0 Å². The van der Waals surface area contributed by atoms with Crippen molar-refractivity contribution in [3.63, 3.8) is 0 Å². The van der Waals surface area contributed by atoms with Crippen molar-refractivity contribution in [2.24, 2.45) is 5.73 Å². The van der Waals surface area contributed by atoms with Crippen LogP contribution in [0, 0.1) is 0 Å². The Balaban J connectivity index is -0.0000000208. The van der Waals surface area contributed by atoms with Gasteiger partial charge in [-0.25, -0.2) is 0 Å². The molecule has 0 rings (SSSR count). The maximum atomic E-state index is 5.21. The van der Waals surface area contributed by atoms with E-state index >= 15 is 0 Å². The van der Waals surface area contributed by atoms with Crippen molar-refractivity contribution in [2.75, 3.05) is 6.54 Å². The number of hydrogen-bond acceptors (Lipinski definition) is 1. The Morgan fingerprint density at radius 2 is 1.30 bits per heavy atom. The molecule has 0 aliphatic heterocycles. The van der Waals surface area contributed by atoms with Crippen LogP contribution < -0.4 is 5.73 Å². The predicted molar refractivity (Wildman–Crippen MR) is 62.8 cm³/mol. The second kappa shape index (κ2) is 29.4. The van der Waals surface area contributed by atoms with Gasteiger partial charge in [-0.1, -0.05) is 19.8 Å². The van der Waals surface area contributed by atoms with E-state index in [1.165, 1.54) is 19.3 Å². The van der Waals surface area contributed by atoms with E-state index in [-0.39, 0.29) is 106 Å². The summed E-state index contributed by atoms with van der Waals surface area (Å²) in [4.78, 5) is 0. The van der Waals surface area contributed by atoms with Crippen LogP contribution in [0.3, 0.4) is 0 Å². The number of hydrogen-bond donors (Lipinski definition) is 1. The molecule has 0 saturated heterocycles.